The predicted octanol–water partition coefficient (Wildman–Crippen LogP) is 5.00. The third kappa shape index (κ3) is 5.75. The second kappa shape index (κ2) is 10.8. The smallest absolute Gasteiger partial charge is 0.326 e. The van der Waals surface area contributed by atoms with Crippen LogP contribution in [-0.2, 0) is 9.59 Å². The second-order valence-corrected chi connectivity index (χ2v) is 9.48. The van der Waals surface area contributed by atoms with Gasteiger partial charge in [0.2, 0.25) is 5.91 Å². The lowest BCUT2D eigenvalue weighted by molar-refractivity contribution is -0.150. The fraction of sp³-hybridized carbons (Fsp3) is 0.444. The molecule has 0 bridgehead atoms. The molecule has 2 aromatic carbocycles. The van der Waals surface area contributed by atoms with Gasteiger partial charge >= 0.3 is 12.0 Å². The van der Waals surface area contributed by atoms with Crippen LogP contribution in [-0.4, -0.2) is 47.6 Å². The van der Waals surface area contributed by atoms with Crippen molar-refractivity contribution in [2.75, 3.05) is 24.3 Å². The fourth-order valence-electron chi connectivity index (χ4n) is 5.24. The number of urea groups is 1. The number of nitrogens with zero attached hydrogens (tertiary/aromatic N) is 1. The normalized spacial score (nSPS) is 21.9. The third-order valence-corrected chi connectivity index (χ3v) is 7.14. The minimum atomic E-state index is -0.898. The van der Waals surface area contributed by atoms with Crippen molar-refractivity contribution in [3.05, 3.63) is 53.6 Å². The van der Waals surface area contributed by atoms with Gasteiger partial charge in [-0.15, -0.1) is 0 Å². The summed E-state index contributed by atoms with van der Waals surface area (Å²) in [5.74, 6) is -0.0331. The van der Waals surface area contributed by atoms with Crippen molar-refractivity contribution in [1.82, 2.24) is 4.90 Å². The van der Waals surface area contributed by atoms with Crippen molar-refractivity contribution in [1.29, 1.82) is 0 Å². The maximum atomic E-state index is 12.9. The van der Waals surface area contributed by atoms with Gasteiger partial charge in [-0.05, 0) is 86.8 Å². The summed E-state index contributed by atoms with van der Waals surface area (Å²) >= 11 is 0. The van der Waals surface area contributed by atoms with Crippen molar-refractivity contribution in [2.45, 2.75) is 57.4 Å². The molecule has 8 heteroatoms. The number of aryl methyl sites for hydroxylation is 1. The second-order valence-electron chi connectivity index (χ2n) is 9.48. The maximum absolute atomic E-state index is 12.9. The topological polar surface area (TPSA) is 108 Å². The Hall–Kier alpha value is -3.55. The summed E-state index contributed by atoms with van der Waals surface area (Å²) in [6.07, 6.45) is 4.63. The summed E-state index contributed by atoms with van der Waals surface area (Å²) in [6, 6.07) is 12.4. The molecule has 1 aliphatic carbocycles. The van der Waals surface area contributed by atoms with Gasteiger partial charge in [0, 0.05) is 18.2 Å². The van der Waals surface area contributed by atoms with E-state index in [1.807, 2.05) is 49.4 Å². The lowest BCUT2D eigenvalue weighted by atomic mass is 9.78. The van der Waals surface area contributed by atoms with Crippen LogP contribution < -0.4 is 15.4 Å². The quantitative estimate of drug-likeness (QED) is 0.541. The van der Waals surface area contributed by atoms with Crippen LogP contribution in [0.3, 0.4) is 0 Å². The van der Waals surface area contributed by atoms with Gasteiger partial charge in [0.15, 0.2) is 0 Å². The number of amides is 3. The van der Waals surface area contributed by atoms with E-state index in [0.29, 0.717) is 36.0 Å². The summed E-state index contributed by atoms with van der Waals surface area (Å²) in [5, 5.41) is 15.1. The molecule has 4 rings (SSSR count). The Bertz CT molecular complexity index is 1080. The van der Waals surface area contributed by atoms with E-state index in [0.717, 1.165) is 37.7 Å². The molecule has 35 heavy (non-hydrogen) atoms. The maximum Gasteiger partial charge on any atom is 0.326 e. The fourth-order valence-corrected chi connectivity index (χ4v) is 5.24. The average Bonchev–Trinajstić information content (AvgIpc) is 3.35. The number of benzene rings is 2. The molecular weight excluding hydrogens is 446 g/mol. The lowest BCUT2D eigenvalue weighted by Gasteiger charge is -2.32. The Kier molecular flexibility index (Phi) is 7.58. The minimum absolute atomic E-state index is 0.00384. The van der Waals surface area contributed by atoms with E-state index < -0.39 is 12.0 Å². The van der Waals surface area contributed by atoms with Crippen LogP contribution in [0.15, 0.2) is 42.5 Å². The molecule has 8 nitrogen and oxygen atoms in total. The van der Waals surface area contributed by atoms with Gasteiger partial charge in [-0.3, -0.25) is 4.79 Å². The molecule has 3 amide bonds. The number of rotatable bonds is 6. The van der Waals surface area contributed by atoms with Crippen LogP contribution in [0, 0.1) is 12.8 Å². The number of nitrogens with one attached hydrogen (secondary N) is 2. The summed E-state index contributed by atoms with van der Waals surface area (Å²) < 4.78 is 5.31. The number of carboxylic acid groups (broad SMARTS) is 1. The van der Waals surface area contributed by atoms with Crippen LogP contribution in [0.2, 0.25) is 0 Å². The molecule has 1 aliphatic heterocycles. The number of carboxylic acids is 1. The Balaban J connectivity index is 1.29. The van der Waals surface area contributed by atoms with Gasteiger partial charge in [0.25, 0.3) is 0 Å². The van der Waals surface area contributed by atoms with Gasteiger partial charge < -0.3 is 25.4 Å². The first-order valence-electron chi connectivity index (χ1n) is 12.2. The van der Waals surface area contributed by atoms with Crippen LogP contribution in [0.5, 0.6) is 5.75 Å². The predicted molar refractivity (Wildman–Crippen MR) is 134 cm³/mol. The van der Waals surface area contributed by atoms with Gasteiger partial charge in [-0.1, -0.05) is 18.2 Å². The van der Waals surface area contributed by atoms with E-state index in [-0.39, 0.29) is 17.9 Å². The molecule has 3 N–H and O–H groups in total. The molecule has 1 heterocycles. The molecule has 0 aromatic heterocycles. The first kappa shape index (κ1) is 24.6. The number of methoxy groups -OCH3 is 1. The van der Waals surface area contributed by atoms with Crippen molar-refractivity contribution < 1.29 is 24.2 Å². The summed E-state index contributed by atoms with van der Waals surface area (Å²) in [5.41, 5.74) is 3.50. The molecule has 186 valence electrons. The highest BCUT2D eigenvalue weighted by molar-refractivity contribution is 6.00. The highest BCUT2D eigenvalue weighted by Crippen LogP contribution is 2.38. The molecule has 2 aliphatic rings. The highest BCUT2D eigenvalue weighted by Gasteiger charge is 2.38. The number of aliphatic carboxylic acids is 1. The molecule has 1 atom stereocenters. The SMILES string of the molecule is COc1ccc(C)cc1NC(=O)Nc1ccc(C2CCC(C(=O)N3CCCC3C(=O)O)CC2)cc1. The molecule has 2 fully saturated rings. The molecule has 0 spiro atoms. The van der Waals surface area contributed by atoms with Gasteiger partial charge in [-0.2, -0.15) is 0 Å². The van der Waals surface area contributed by atoms with E-state index >= 15 is 0 Å². The van der Waals surface area contributed by atoms with Crippen molar-refractivity contribution in [3.8, 4) is 5.75 Å². The highest BCUT2D eigenvalue weighted by atomic mass is 16.5. The summed E-state index contributed by atoms with van der Waals surface area (Å²) in [4.78, 5) is 38.4. The van der Waals surface area contributed by atoms with E-state index in [1.165, 1.54) is 5.56 Å². The molecule has 1 saturated carbocycles. The first-order chi connectivity index (χ1) is 16.9. The first-order valence-corrected chi connectivity index (χ1v) is 12.2. The van der Waals surface area contributed by atoms with E-state index in [2.05, 4.69) is 10.6 Å². The van der Waals surface area contributed by atoms with E-state index in [1.54, 1.807) is 12.0 Å². The zero-order valence-electron chi connectivity index (χ0n) is 20.3. The van der Waals surface area contributed by atoms with Crippen LogP contribution in [0.1, 0.15) is 55.6 Å². The van der Waals surface area contributed by atoms with Crippen LogP contribution in [0.4, 0.5) is 16.2 Å². The van der Waals surface area contributed by atoms with Crippen molar-refractivity contribution in [3.63, 3.8) is 0 Å². The van der Waals surface area contributed by atoms with Gasteiger partial charge in [0.05, 0.1) is 12.8 Å². The number of carbonyl (C=O) groups is 3. The molecule has 1 unspecified atom stereocenters. The molecule has 0 radical (unpaired) electrons. The lowest BCUT2D eigenvalue weighted by Crippen LogP contribution is -2.44. The van der Waals surface area contributed by atoms with Crippen LogP contribution >= 0.6 is 0 Å². The van der Waals surface area contributed by atoms with Crippen molar-refractivity contribution in [2.24, 2.45) is 5.92 Å². The number of ether oxygens (including phenoxy) is 1. The van der Waals surface area contributed by atoms with E-state index in [9.17, 15) is 19.5 Å². The monoisotopic (exact) mass is 479 g/mol. The Morgan fingerprint density at radius 2 is 1.69 bits per heavy atom. The molecular formula is C27H33N3O5. The van der Waals surface area contributed by atoms with Crippen molar-refractivity contribution >= 4 is 29.3 Å². The standard InChI is InChI=1S/C27H33N3O5/c1-17-5-14-24(35-2)22(16-17)29-27(34)28-21-12-10-19(11-13-21)18-6-8-20(9-7-18)25(31)30-15-3-4-23(30)26(32)33/h5,10-14,16,18,20,23H,3-4,6-9,15H2,1-2H3,(H,32,33)(H2,28,29,34). The summed E-state index contributed by atoms with van der Waals surface area (Å²) in [7, 11) is 1.56. The van der Waals surface area contributed by atoms with Gasteiger partial charge in [0.1, 0.15) is 11.8 Å². The number of hydrogen-bond acceptors (Lipinski definition) is 4. The third-order valence-electron chi connectivity index (χ3n) is 7.14. The number of likely N-dealkylation sites (tertiary alicyclic amines) is 1. The van der Waals surface area contributed by atoms with Crippen LogP contribution in [0.25, 0.3) is 0 Å². The molecule has 1 saturated heterocycles. The minimum Gasteiger partial charge on any atom is -0.495 e. The Morgan fingerprint density at radius 1 is 0.971 bits per heavy atom. The Labute approximate surface area is 205 Å². The Morgan fingerprint density at radius 3 is 2.34 bits per heavy atom. The van der Waals surface area contributed by atoms with E-state index in [4.69, 9.17) is 4.74 Å². The number of anilines is 2. The summed E-state index contributed by atoms with van der Waals surface area (Å²) in [6.45, 7) is 2.50. The largest absolute Gasteiger partial charge is 0.495 e. The zero-order valence-corrected chi connectivity index (χ0v) is 20.3. The molecule has 2 aromatic rings. The zero-order chi connectivity index (χ0) is 24.9. The van der Waals surface area contributed by atoms with Gasteiger partial charge in [-0.25, -0.2) is 9.59 Å². The number of hydrogen-bond donors (Lipinski definition) is 3. The number of carbonyl (C=O) groups excluding carboxylic acids is 2. The average molecular weight is 480 g/mol.